The maximum Gasteiger partial charge on any atom is 0.140 e. The molecule has 0 radical (unpaired) electrons. The largest absolute Gasteiger partial charge is 0.496 e. The number of benzene rings is 2. The molecule has 2 heterocycles. The van der Waals surface area contributed by atoms with E-state index in [1.807, 2.05) is 6.07 Å². The molecule has 150 valence electrons. The van der Waals surface area contributed by atoms with Crippen LogP contribution in [-0.4, -0.2) is 30.2 Å². The van der Waals surface area contributed by atoms with Crippen molar-refractivity contribution in [3.63, 3.8) is 0 Å². The van der Waals surface area contributed by atoms with Gasteiger partial charge in [0.05, 0.1) is 12.6 Å². The van der Waals surface area contributed by atoms with Crippen LogP contribution in [-0.2, 0) is 0 Å². The van der Waals surface area contributed by atoms with E-state index in [9.17, 15) is 0 Å². The summed E-state index contributed by atoms with van der Waals surface area (Å²) in [5.74, 6) is 4.23. The predicted molar refractivity (Wildman–Crippen MR) is 121 cm³/mol. The number of ether oxygens (including phenoxy) is 1. The minimum absolute atomic E-state index is 0.534. The van der Waals surface area contributed by atoms with Crippen LogP contribution in [0.4, 0.5) is 5.82 Å². The first-order valence-electron chi connectivity index (χ1n) is 10.5. The molecule has 1 aromatic heterocycles. The summed E-state index contributed by atoms with van der Waals surface area (Å²) in [6.07, 6.45) is 4.65. The molecule has 5 rings (SSSR count). The molecular formula is C24H26BrN3O. The van der Waals surface area contributed by atoms with Gasteiger partial charge in [-0.05, 0) is 67.9 Å². The molecule has 1 saturated carbocycles. The highest BCUT2D eigenvalue weighted by Gasteiger charge is 2.30. The van der Waals surface area contributed by atoms with E-state index in [-0.39, 0.29) is 0 Å². The molecule has 1 aliphatic carbocycles. The third-order valence-electron chi connectivity index (χ3n) is 6.27. The molecule has 2 fully saturated rings. The highest BCUT2D eigenvalue weighted by molar-refractivity contribution is 9.10. The Hall–Kier alpha value is -2.14. The van der Waals surface area contributed by atoms with Crippen LogP contribution in [0.3, 0.4) is 0 Å². The molecule has 3 aromatic rings. The van der Waals surface area contributed by atoms with Crippen molar-refractivity contribution in [2.75, 3.05) is 25.1 Å². The minimum Gasteiger partial charge on any atom is -0.496 e. The van der Waals surface area contributed by atoms with E-state index in [1.54, 1.807) is 7.11 Å². The maximum atomic E-state index is 5.60. The zero-order valence-electron chi connectivity index (χ0n) is 17.0. The second-order valence-electron chi connectivity index (χ2n) is 8.30. The maximum absolute atomic E-state index is 5.60. The highest BCUT2D eigenvalue weighted by atomic mass is 79.9. The lowest BCUT2D eigenvalue weighted by Crippen LogP contribution is -2.34. The van der Waals surface area contributed by atoms with Crippen molar-refractivity contribution in [3.05, 3.63) is 57.8 Å². The van der Waals surface area contributed by atoms with Gasteiger partial charge in [0.1, 0.15) is 17.4 Å². The molecule has 0 unspecified atom stereocenters. The van der Waals surface area contributed by atoms with Crippen LogP contribution in [0.1, 0.15) is 54.5 Å². The number of piperidine rings is 1. The molecule has 0 bridgehead atoms. The fourth-order valence-electron chi connectivity index (χ4n) is 4.53. The summed E-state index contributed by atoms with van der Waals surface area (Å²) in [7, 11) is 1.76. The van der Waals surface area contributed by atoms with Gasteiger partial charge in [-0.3, -0.25) is 0 Å². The number of para-hydroxylation sites is 1. The van der Waals surface area contributed by atoms with E-state index >= 15 is 0 Å². The lowest BCUT2D eigenvalue weighted by atomic mass is 9.88. The molecule has 0 atom stereocenters. The summed E-state index contributed by atoms with van der Waals surface area (Å²) >= 11 is 3.67. The first-order chi connectivity index (χ1) is 14.1. The van der Waals surface area contributed by atoms with Crippen LogP contribution in [0.5, 0.6) is 5.75 Å². The Morgan fingerprint density at radius 3 is 2.48 bits per heavy atom. The molecule has 1 aliphatic heterocycles. The average molecular weight is 452 g/mol. The van der Waals surface area contributed by atoms with E-state index in [0.717, 1.165) is 58.7 Å². The Bertz CT molecular complexity index is 1060. The third-order valence-corrected chi connectivity index (χ3v) is 6.73. The summed E-state index contributed by atoms with van der Waals surface area (Å²) in [4.78, 5) is 12.5. The van der Waals surface area contributed by atoms with Crippen molar-refractivity contribution in [1.82, 2.24) is 9.97 Å². The summed E-state index contributed by atoms with van der Waals surface area (Å²) in [5, 5.41) is 1.16. The Kier molecular flexibility index (Phi) is 4.94. The summed E-state index contributed by atoms with van der Waals surface area (Å²) in [5.41, 5.74) is 3.65. The number of halogens is 1. The van der Waals surface area contributed by atoms with E-state index in [0.29, 0.717) is 11.8 Å². The van der Waals surface area contributed by atoms with Crippen LogP contribution in [0.15, 0.2) is 40.9 Å². The van der Waals surface area contributed by atoms with Crippen molar-refractivity contribution in [1.29, 1.82) is 0 Å². The van der Waals surface area contributed by atoms with Gasteiger partial charge in [-0.25, -0.2) is 9.97 Å². The molecule has 2 aromatic carbocycles. The second-order valence-corrected chi connectivity index (χ2v) is 9.22. The molecule has 0 spiro atoms. The van der Waals surface area contributed by atoms with Crippen LogP contribution in [0, 0.1) is 6.92 Å². The van der Waals surface area contributed by atoms with Crippen molar-refractivity contribution in [2.45, 2.75) is 44.4 Å². The standard InChI is InChI=1S/C24H26BrN3O/c1-15-13-18(25)14-20-22(15)26-23(17-7-8-17)27-24(20)28-11-9-16(10-12-28)19-5-3-4-6-21(19)29-2/h3-6,13-14,16-17H,7-12H2,1-2H3. The number of aryl methyl sites for hydroxylation is 1. The predicted octanol–water partition coefficient (Wildman–Crippen LogP) is 5.97. The number of methoxy groups -OCH3 is 1. The van der Waals surface area contributed by atoms with E-state index in [4.69, 9.17) is 14.7 Å². The van der Waals surface area contributed by atoms with Gasteiger partial charge in [-0.15, -0.1) is 0 Å². The molecule has 0 amide bonds. The van der Waals surface area contributed by atoms with Gasteiger partial charge >= 0.3 is 0 Å². The fourth-order valence-corrected chi connectivity index (χ4v) is 5.11. The second kappa shape index (κ2) is 7.60. The van der Waals surface area contributed by atoms with Crippen LogP contribution >= 0.6 is 15.9 Å². The molecule has 4 nitrogen and oxygen atoms in total. The average Bonchev–Trinajstić information content (AvgIpc) is 3.59. The van der Waals surface area contributed by atoms with Crippen LogP contribution in [0.25, 0.3) is 10.9 Å². The number of nitrogens with zero attached hydrogens (tertiary/aromatic N) is 3. The zero-order valence-corrected chi connectivity index (χ0v) is 18.6. The number of aromatic nitrogens is 2. The normalized spacial score (nSPS) is 17.7. The zero-order chi connectivity index (χ0) is 20.0. The lowest BCUT2D eigenvalue weighted by Gasteiger charge is -2.34. The van der Waals surface area contributed by atoms with Crippen LogP contribution < -0.4 is 9.64 Å². The van der Waals surface area contributed by atoms with Gasteiger partial charge in [0.2, 0.25) is 0 Å². The Morgan fingerprint density at radius 1 is 1.00 bits per heavy atom. The Labute approximate surface area is 180 Å². The van der Waals surface area contributed by atoms with Gasteiger partial charge in [0.15, 0.2) is 0 Å². The molecule has 1 saturated heterocycles. The number of hydrogen-bond donors (Lipinski definition) is 0. The monoisotopic (exact) mass is 451 g/mol. The number of fused-ring (bicyclic) bond motifs is 1. The molecule has 29 heavy (non-hydrogen) atoms. The quantitative estimate of drug-likeness (QED) is 0.489. The van der Waals surface area contributed by atoms with Crippen LogP contribution in [0.2, 0.25) is 0 Å². The number of anilines is 1. The minimum atomic E-state index is 0.534. The SMILES string of the molecule is COc1ccccc1C1CCN(c2nc(C3CC3)nc3c(C)cc(Br)cc23)CC1. The third kappa shape index (κ3) is 3.61. The lowest BCUT2D eigenvalue weighted by molar-refractivity contribution is 0.397. The van der Waals surface area contributed by atoms with Gasteiger partial charge in [-0.2, -0.15) is 0 Å². The van der Waals surface area contributed by atoms with Crippen molar-refractivity contribution in [3.8, 4) is 5.75 Å². The number of hydrogen-bond acceptors (Lipinski definition) is 4. The van der Waals surface area contributed by atoms with E-state index in [1.165, 1.54) is 24.0 Å². The van der Waals surface area contributed by atoms with Gasteiger partial charge < -0.3 is 9.64 Å². The summed E-state index contributed by atoms with van der Waals surface area (Å²) < 4.78 is 6.70. The van der Waals surface area contributed by atoms with E-state index < -0.39 is 0 Å². The molecular weight excluding hydrogens is 426 g/mol. The first-order valence-corrected chi connectivity index (χ1v) is 11.3. The first kappa shape index (κ1) is 18.9. The Balaban J connectivity index is 1.47. The van der Waals surface area contributed by atoms with E-state index in [2.05, 4.69) is 58.1 Å². The molecule has 0 N–H and O–H groups in total. The van der Waals surface area contributed by atoms with Gasteiger partial charge in [0.25, 0.3) is 0 Å². The molecule has 5 heteroatoms. The summed E-state index contributed by atoms with van der Waals surface area (Å²) in [6.45, 7) is 4.16. The van der Waals surface area contributed by atoms with Crippen molar-refractivity contribution < 1.29 is 4.74 Å². The fraction of sp³-hybridized carbons (Fsp3) is 0.417. The highest BCUT2D eigenvalue weighted by Crippen LogP contribution is 2.42. The van der Waals surface area contributed by atoms with Crippen molar-refractivity contribution in [2.24, 2.45) is 0 Å². The molecule has 2 aliphatic rings. The number of rotatable bonds is 4. The Morgan fingerprint density at radius 2 is 1.76 bits per heavy atom. The van der Waals surface area contributed by atoms with Gasteiger partial charge in [0, 0.05) is 28.9 Å². The topological polar surface area (TPSA) is 38.2 Å². The van der Waals surface area contributed by atoms with Gasteiger partial charge in [-0.1, -0.05) is 34.1 Å². The smallest absolute Gasteiger partial charge is 0.140 e. The van der Waals surface area contributed by atoms with Crippen molar-refractivity contribution >= 4 is 32.7 Å². The summed E-state index contributed by atoms with van der Waals surface area (Å²) in [6, 6.07) is 12.8.